The standard InChI is InChI=1S/C18H28N2O4S/c1-15-7-5-11-19(14-15)18(21)10-6-12-20(25(3,22)23)16-8-4-9-17(13-16)24-2/h4,8-9,13,15H,5-7,10-12,14H2,1-3H3/t15-/m0/s1. The van der Waals surface area contributed by atoms with Gasteiger partial charge >= 0.3 is 0 Å². The summed E-state index contributed by atoms with van der Waals surface area (Å²) in [6.07, 6.45) is 4.25. The number of amides is 1. The maximum atomic E-state index is 12.3. The van der Waals surface area contributed by atoms with Crippen LogP contribution in [0.4, 0.5) is 5.69 Å². The number of carbonyl (C=O) groups is 1. The molecule has 0 aromatic heterocycles. The van der Waals surface area contributed by atoms with E-state index in [1.807, 2.05) is 4.90 Å². The summed E-state index contributed by atoms with van der Waals surface area (Å²) in [5.41, 5.74) is 0.556. The van der Waals surface area contributed by atoms with Crippen molar-refractivity contribution in [3.63, 3.8) is 0 Å². The van der Waals surface area contributed by atoms with Crippen LogP contribution in [0.5, 0.6) is 5.75 Å². The molecule has 6 nitrogen and oxygen atoms in total. The summed E-state index contributed by atoms with van der Waals surface area (Å²) in [6, 6.07) is 6.95. The number of methoxy groups -OCH3 is 1. The minimum atomic E-state index is -3.42. The largest absolute Gasteiger partial charge is 0.497 e. The van der Waals surface area contributed by atoms with Crippen LogP contribution in [-0.4, -0.2) is 52.2 Å². The van der Waals surface area contributed by atoms with E-state index >= 15 is 0 Å². The molecule has 1 saturated heterocycles. The first-order valence-electron chi connectivity index (χ1n) is 8.71. The number of likely N-dealkylation sites (tertiary alicyclic amines) is 1. The van der Waals surface area contributed by atoms with Gasteiger partial charge in [0.05, 0.1) is 19.1 Å². The van der Waals surface area contributed by atoms with Crippen LogP contribution in [0.3, 0.4) is 0 Å². The second kappa shape index (κ2) is 8.56. The first kappa shape index (κ1) is 19.6. The van der Waals surface area contributed by atoms with Crippen molar-refractivity contribution in [2.24, 2.45) is 5.92 Å². The highest BCUT2D eigenvalue weighted by Gasteiger charge is 2.22. The maximum absolute atomic E-state index is 12.3. The Hall–Kier alpha value is -1.76. The lowest BCUT2D eigenvalue weighted by Gasteiger charge is -2.31. The van der Waals surface area contributed by atoms with Gasteiger partial charge in [-0.05, 0) is 37.3 Å². The van der Waals surface area contributed by atoms with Crippen LogP contribution < -0.4 is 9.04 Å². The smallest absolute Gasteiger partial charge is 0.232 e. The zero-order valence-corrected chi connectivity index (χ0v) is 16.1. The normalized spacial score (nSPS) is 18.0. The highest BCUT2D eigenvalue weighted by atomic mass is 32.2. The Labute approximate surface area is 150 Å². The molecule has 0 aliphatic carbocycles. The molecule has 7 heteroatoms. The second-order valence-electron chi connectivity index (χ2n) is 6.73. The molecule has 25 heavy (non-hydrogen) atoms. The number of anilines is 1. The van der Waals surface area contributed by atoms with E-state index in [2.05, 4.69) is 6.92 Å². The van der Waals surface area contributed by atoms with Crippen molar-refractivity contribution in [3.8, 4) is 5.75 Å². The Morgan fingerprint density at radius 2 is 2.16 bits per heavy atom. The second-order valence-corrected chi connectivity index (χ2v) is 8.63. The summed E-state index contributed by atoms with van der Waals surface area (Å²) in [5, 5.41) is 0. The molecule has 0 saturated carbocycles. The number of hydrogen-bond acceptors (Lipinski definition) is 4. The van der Waals surface area contributed by atoms with Crippen LogP contribution >= 0.6 is 0 Å². The Kier molecular flexibility index (Phi) is 6.70. The molecule has 1 fully saturated rings. The monoisotopic (exact) mass is 368 g/mol. The van der Waals surface area contributed by atoms with Gasteiger partial charge in [0.1, 0.15) is 5.75 Å². The van der Waals surface area contributed by atoms with Crippen LogP contribution in [0.25, 0.3) is 0 Å². The molecule has 0 unspecified atom stereocenters. The molecule has 1 aromatic rings. The topological polar surface area (TPSA) is 66.9 Å². The number of benzene rings is 1. The molecule has 0 bridgehead atoms. The third-order valence-electron chi connectivity index (χ3n) is 4.50. The molecule has 140 valence electrons. The number of rotatable bonds is 7. The van der Waals surface area contributed by atoms with Crippen molar-refractivity contribution in [1.29, 1.82) is 0 Å². The Balaban J connectivity index is 1.97. The lowest BCUT2D eigenvalue weighted by Crippen LogP contribution is -2.39. The fourth-order valence-electron chi connectivity index (χ4n) is 3.20. The number of hydrogen-bond donors (Lipinski definition) is 0. The number of sulfonamides is 1. The minimum absolute atomic E-state index is 0.116. The van der Waals surface area contributed by atoms with E-state index in [0.29, 0.717) is 30.2 Å². The van der Waals surface area contributed by atoms with Crippen molar-refractivity contribution < 1.29 is 17.9 Å². The first-order valence-corrected chi connectivity index (χ1v) is 10.6. The van der Waals surface area contributed by atoms with Crippen LogP contribution in [0.2, 0.25) is 0 Å². The highest BCUT2D eigenvalue weighted by Crippen LogP contribution is 2.24. The lowest BCUT2D eigenvalue weighted by atomic mass is 10.00. The van der Waals surface area contributed by atoms with Gasteiger partial charge in [0.15, 0.2) is 0 Å². The molecule has 1 aromatic carbocycles. The van der Waals surface area contributed by atoms with E-state index in [0.717, 1.165) is 19.5 Å². The van der Waals surface area contributed by atoms with Gasteiger partial charge in [-0.15, -0.1) is 0 Å². The van der Waals surface area contributed by atoms with Crippen molar-refractivity contribution in [3.05, 3.63) is 24.3 Å². The van der Waals surface area contributed by atoms with Crippen molar-refractivity contribution in [1.82, 2.24) is 4.90 Å². The molecule has 0 N–H and O–H groups in total. The molecule has 0 radical (unpaired) electrons. The van der Waals surface area contributed by atoms with E-state index in [4.69, 9.17) is 4.74 Å². The minimum Gasteiger partial charge on any atom is -0.497 e. The maximum Gasteiger partial charge on any atom is 0.232 e. The summed E-state index contributed by atoms with van der Waals surface area (Å²) >= 11 is 0. The van der Waals surface area contributed by atoms with Crippen LogP contribution in [0.15, 0.2) is 24.3 Å². The molecule has 1 atom stereocenters. The highest BCUT2D eigenvalue weighted by molar-refractivity contribution is 7.92. The zero-order valence-electron chi connectivity index (χ0n) is 15.3. The van der Waals surface area contributed by atoms with E-state index < -0.39 is 10.0 Å². The molecule has 0 spiro atoms. The number of piperidine rings is 1. The molecule has 2 rings (SSSR count). The van der Waals surface area contributed by atoms with Crippen LogP contribution in [0, 0.1) is 5.92 Å². The summed E-state index contributed by atoms with van der Waals surface area (Å²) in [4.78, 5) is 14.3. The SMILES string of the molecule is COc1cccc(N(CCCC(=O)N2CCC[C@H](C)C2)S(C)(=O)=O)c1. The fourth-order valence-corrected chi connectivity index (χ4v) is 4.16. The van der Waals surface area contributed by atoms with Crippen molar-refractivity contribution in [2.75, 3.05) is 37.3 Å². The number of nitrogens with zero attached hydrogens (tertiary/aromatic N) is 2. The molecular formula is C18H28N2O4S. The summed E-state index contributed by atoms with van der Waals surface area (Å²) in [6.45, 7) is 4.06. The third kappa shape index (κ3) is 5.63. The Morgan fingerprint density at radius 3 is 2.80 bits per heavy atom. The van der Waals surface area contributed by atoms with Gasteiger partial charge in [0, 0.05) is 32.1 Å². The van der Waals surface area contributed by atoms with E-state index in [1.54, 1.807) is 31.4 Å². The van der Waals surface area contributed by atoms with Crippen LogP contribution in [0.1, 0.15) is 32.6 Å². The van der Waals surface area contributed by atoms with Gasteiger partial charge in [-0.25, -0.2) is 8.42 Å². The average molecular weight is 368 g/mol. The van der Waals surface area contributed by atoms with Crippen LogP contribution in [-0.2, 0) is 14.8 Å². The first-order chi connectivity index (χ1) is 11.8. The summed E-state index contributed by atoms with van der Waals surface area (Å²) < 4.78 is 30.8. The molecule has 1 amide bonds. The third-order valence-corrected chi connectivity index (χ3v) is 5.70. The number of carbonyl (C=O) groups excluding carboxylic acids is 1. The quantitative estimate of drug-likeness (QED) is 0.742. The van der Waals surface area contributed by atoms with Crippen molar-refractivity contribution in [2.45, 2.75) is 32.6 Å². The predicted octanol–water partition coefficient (Wildman–Crippen LogP) is 2.50. The average Bonchev–Trinajstić information content (AvgIpc) is 2.57. The van der Waals surface area contributed by atoms with Gasteiger partial charge in [0.25, 0.3) is 0 Å². The number of ether oxygens (including phenoxy) is 1. The lowest BCUT2D eigenvalue weighted by molar-refractivity contribution is -0.132. The van der Waals surface area contributed by atoms with Gasteiger partial charge in [-0.3, -0.25) is 9.10 Å². The van der Waals surface area contributed by atoms with E-state index in [1.165, 1.54) is 17.0 Å². The van der Waals surface area contributed by atoms with Gasteiger partial charge in [-0.2, -0.15) is 0 Å². The summed E-state index contributed by atoms with van der Waals surface area (Å²) in [7, 11) is -1.88. The predicted molar refractivity (Wildman–Crippen MR) is 99.4 cm³/mol. The summed E-state index contributed by atoms with van der Waals surface area (Å²) in [5.74, 6) is 1.26. The van der Waals surface area contributed by atoms with Gasteiger partial charge in [-0.1, -0.05) is 13.0 Å². The molecule has 1 heterocycles. The Bertz CT molecular complexity index is 690. The van der Waals surface area contributed by atoms with Crippen molar-refractivity contribution >= 4 is 21.6 Å². The van der Waals surface area contributed by atoms with E-state index in [-0.39, 0.29) is 12.5 Å². The molecule has 1 aliphatic rings. The molecule has 1 aliphatic heterocycles. The molecular weight excluding hydrogens is 340 g/mol. The van der Waals surface area contributed by atoms with E-state index in [9.17, 15) is 13.2 Å². The van der Waals surface area contributed by atoms with Gasteiger partial charge < -0.3 is 9.64 Å². The Morgan fingerprint density at radius 1 is 1.40 bits per heavy atom. The zero-order chi connectivity index (χ0) is 18.4. The van der Waals surface area contributed by atoms with Gasteiger partial charge in [0.2, 0.25) is 15.9 Å². The fraction of sp³-hybridized carbons (Fsp3) is 0.611.